The van der Waals surface area contributed by atoms with Gasteiger partial charge in [-0.1, -0.05) is 13.8 Å². The van der Waals surface area contributed by atoms with Crippen LogP contribution in [0, 0.1) is 5.41 Å². The Kier molecular flexibility index (Phi) is 5.24. The molecule has 0 aromatic rings. The van der Waals surface area contributed by atoms with Gasteiger partial charge in [-0.25, -0.2) is 0 Å². The lowest BCUT2D eigenvalue weighted by Crippen LogP contribution is -2.55. The van der Waals surface area contributed by atoms with Gasteiger partial charge in [-0.3, -0.25) is 4.79 Å². The van der Waals surface area contributed by atoms with E-state index in [9.17, 15) is 9.90 Å². The van der Waals surface area contributed by atoms with E-state index in [2.05, 4.69) is 5.32 Å². The molecule has 4 heteroatoms. The van der Waals surface area contributed by atoms with Crippen LogP contribution in [0.1, 0.15) is 40.5 Å². The van der Waals surface area contributed by atoms with Crippen LogP contribution in [0.5, 0.6) is 0 Å². The Morgan fingerprint density at radius 3 is 2.07 bits per heavy atom. The van der Waals surface area contributed by atoms with Gasteiger partial charge in [0.1, 0.15) is 0 Å². The second-order valence-electron chi connectivity index (χ2n) is 4.69. The van der Waals surface area contributed by atoms with Crippen LogP contribution in [0.2, 0.25) is 0 Å². The van der Waals surface area contributed by atoms with Crippen LogP contribution >= 0.6 is 0 Å². The van der Waals surface area contributed by atoms with Gasteiger partial charge in [0.2, 0.25) is 5.91 Å². The number of hydrogen-bond acceptors (Lipinski definition) is 3. The summed E-state index contributed by atoms with van der Waals surface area (Å²) >= 11 is 0. The minimum atomic E-state index is -0.579. The van der Waals surface area contributed by atoms with E-state index in [0.717, 1.165) is 0 Å². The van der Waals surface area contributed by atoms with E-state index in [-0.39, 0.29) is 12.5 Å². The summed E-state index contributed by atoms with van der Waals surface area (Å²) in [4.78, 5) is 11.9. The van der Waals surface area contributed by atoms with Gasteiger partial charge in [-0.05, 0) is 26.7 Å². The Morgan fingerprint density at radius 2 is 1.80 bits per heavy atom. The van der Waals surface area contributed by atoms with Gasteiger partial charge >= 0.3 is 0 Å². The van der Waals surface area contributed by atoms with Crippen molar-refractivity contribution in [2.75, 3.05) is 13.2 Å². The number of amides is 1. The van der Waals surface area contributed by atoms with Crippen molar-refractivity contribution in [2.24, 2.45) is 11.1 Å². The molecule has 0 unspecified atom stereocenters. The monoisotopic (exact) mass is 216 g/mol. The predicted molar refractivity (Wildman–Crippen MR) is 61.4 cm³/mol. The molecular weight excluding hydrogens is 192 g/mol. The first-order chi connectivity index (χ1) is 6.87. The van der Waals surface area contributed by atoms with E-state index in [1.54, 1.807) is 13.8 Å². The number of carbonyl (C=O) groups excluding carboxylic acids is 1. The summed E-state index contributed by atoms with van der Waals surface area (Å²) in [5.41, 5.74) is 4.45. The summed E-state index contributed by atoms with van der Waals surface area (Å²) in [5.74, 6) is -0.0947. The second kappa shape index (κ2) is 5.47. The van der Waals surface area contributed by atoms with Crippen LogP contribution in [0.4, 0.5) is 0 Å². The number of rotatable bonds is 6. The van der Waals surface area contributed by atoms with E-state index in [1.165, 1.54) is 0 Å². The summed E-state index contributed by atoms with van der Waals surface area (Å²) < 4.78 is 0. The molecule has 1 amide bonds. The zero-order chi connectivity index (χ0) is 12.1. The zero-order valence-corrected chi connectivity index (χ0v) is 10.3. The molecule has 0 fully saturated rings. The summed E-state index contributed by atoms with van der Waals surface area (Å²) in [5, 5.41) is 12.2. The molecule has 0 aromatic carbocycles. The number of nitrogens with two attached hydrogens (primary N) is 1. The third-order valence-electron chi connectivity index (χ3n) is 3.16. The van der Waals surface area contributed by atoms with Crippen molar-refractivity contribution in [3.8, 4) is 0 Å². The molecule has 0 aromatic heterocycles. The third-order valence-corrected chi connectivity index (χ3v) is 3.16. The fourth-order valence-electron chi connectivity index (χ4n) is 1.19. The van der Waals surface area contributed by atoms with Gasteiger partial charge in [0.25, 0.3) is 0 Å². The largest absolute Gasteiger partial charge is 0.394 e. The van der Waals surface area contributed by atoms with Crippen molar-refractivity contribution < 1.29 is 9.90 Å². The van der Waals surface area contributed by atoms with E-state index in [0.29, 0.717) is 19.4 Å². The lowest BCUT2D eigenvalue weighted by molar-refractivity contribution is -0.131. The number of nitrogens with one attached hydrogen (secondary N) is 1. The van der Waals surface area contributed by atoms with Crippen LogP contribution in [-0.4, -0.2) is 29.7 Å². The molecule has 0 rings (SSSR count). The Morgan fingerprint density at radius 1 is 1.33 bits per heavy atom. The second-order valence-corrected chi connectivity index (χ2v) is 4.69. The fourth-order valence-corrected chi connectivity index (χ4v) is 1.19. The SMILES string of the molecule is CCC(CC)(CO)NC(=O)C(C)(C)CN. The molecule has 0 aliphatic heterocycles. The first-order valence-corrected chi connectivity index (χ1v) is 5.51. The molecule has 0 aliphatic rings. The van der Waals surface area contributed by atoms with Crippen molar-refractivity contribution in [2.45, 2.75) is 46.1 Å². The first-order valence-electron chi connectivity index (χ1n) is 5.51. The van der Waals surface area contributed by atoms with Crippen LogP contribution in [-0.2, 0) is 4.79 Å². The maximum atomic E-state index is 11.9. The summed E-state index contributed by atoms with van der Waals surface area (Å²) in [6.45, 7) is 7.77. The predicted octanol–water partition coefficient (Wildman–Crippen LogP) is 0.639. The van der Waals surface area contributed by atoms with Crippen molar-refractivity contribution in [3.63, 3.8) is 0 Å². The number of carbonyl (C=O) groups is 1. The highest BCUT2D eigenvalue weighted by Crippen LogP contribution is 2.19. The smallest absolute Gasteiger partial charge is 0.227 e. The Labute approximate surface area is 92.2 Å². The first kappa shape index (κ1) is 14.4. The highest BCUT2D eigenvalue weighted by atomic mass is 16.3. The quantitative estimate of drug-likeness (QED) is 0.610. The maximum absolute atomic E-state index is 11.9. The molecule has 0 spiro atoms. The van der Waals surface area contributed by atoms with Crippen molar-refractivity contribution >= 4 is 5.91 Å². The lowest BCUT2D eigenvalue weighted by atomic mass is 9.88. The number of aliphatic hydroxyl groups is 1. The van der Waals surface area contributed by atoms with Crippen molar-refractivity contribution in [1.82, 2.24) is 5.32 Å². The molecule has 90 valence electrons. The topological polar surface area (TPSA) is 75.3 Å². The van der Waals surface area contributed by atoms with Crippen molar-refractivity contribution in [1.29, 1.82) is 0 Å². The standard InChI is InChI=1S/C11H24N2O2/c1-5-11(6-2,8-14)13-9(15)10(3,4)7-12/h14H,5-8,12H2,1-4H3,(H,13,15). The highest BCUT2D eigenvalue weighted by Gasteiger charge is 2.33. The van der Waals surface area contributed by atoms with Gasteiger partial charge in [0, 0.05) is 6.54 Å². The number of hydrogen-bond donors (Lipinski definition) is 3. The average Bonchev–Trinajstić information content (AvgIpc) is 2.25. The summed E-state index contributed by atoms with van der Waals surface area (Å²) in [6.07, 6.45) is 1.43. The molecule has 4 N–H and O–H groups in total. The average molecular weight is 216 g/mol. The minimum absolute atomic E-state index is 0.0353. The van der Waals surface area contributed by atoms with Crippen LogP contribution in [0.3, 0.4) is 0 Å². The zero-order valence-electron chi connectivity index (χ0n) is 10.3. The Bertz CT molecular complexity index is 202. The minimum Gasteiger partial charge on any atom is -0.394 e. The van der Waals surface area contributed by atoms with Gasteiger partial charge in [0.15, 0.2) is 0 Å². The van der Waals surface area contributed by atoms with Crippen LogP contribution < -0.4 is 11.1 Å². The van der Waals surface area contributed by atoms with Crippen LogP contribution in [0.25, 0.3) is 0 Å². The van der Waals surface area contributed by atoms with Crippen LogP contribution in [0.15, 0.2) is 0 Å². The maximum Gasteiger partial charge on any atom is 0.227 e. The van der Waals surface area contributed by atoms with Gasteiger partial charge in [0.05, 0.1) is 17.6 Å². The van der Waals surface area contributed by atoms with Gasteiger partial charge in [-0.15, -0.1) is 0 Å². The van der Waals surface area contributed by atoms with Gasteiger partial charge in [-0.2, -0.15) is 0 Å². The summed E-state index contributed by atoms with van der Waals surface area (Å²) in [6, 6.07) is 0. The molecule has 0 aliphatic carbocycles. The third kappa shape index (κ3) is 3.47. The van der Waals surface area contributed by atoms with Gasteiger partial charge < -0.3 is 16.2 Å². The molecule has 15 heavy (non-hydrogen) atoms. The summed E-state index contributed by atoms with van der Waals surface area (Å²) in [7, 11) is 0. The molecular formula is C11H24N2O2. The van der Waals surface area contributed by atoms with E-state index < -0.39 is 11.0 Å². The molecule has 0 atom stereocenters. The molecule has 0 saturated carbocycles. The molecule has 0 saturated heterocycles. The lowest BCUT2D eigenvalue weighted by Gasteiger charge is -2.34. The molecule has 0 bridgehead atoms. The molecule has 0 radical (unpaired) electrons. The number of aliphatic hydroxyl groups excluding tert-OH is 1. The van der Waals surface area contributed by atoms with E-state index in [1.807, 2.05) is 13.8 Å². The normalized spacial score (nSPS) is 12.7. The Balaban J connectivity index is 4.62. The van der Waals surface area contributed by atoms with Crippen molar-refractivity contribution in [3.05, 3.63) is 0 Å². The Hall–Kier alpha value is -0.610. The molecule has 4 nitrogen and oxygen atoms in total. The van der Waals surface area contributed by atoms with E-state index >= 15 is 0 Å². The fraction of sp³-hybridized carbons (Fsp3) is 0.909. The molecule has 0 heterocycles. The van der Waals surface area contributed by atoms with E-state index in [4.69, 9.17) is 5.73 Å². The highest BCUT2D eigenvalue weighted by molar-refractivity contribution is 5.82.